The molecule has 186 valence electrons. The van der Waals surface area contributed by atoms with Gasteiger partial charge in [-0.25, -0.2) is 9.18 Å². The molecule has 2 aromatic carbocycles. The van der Waals surface area contributed by atoms with E-state index in [0.717, 1.165) is 11.1 Å². The standard InChI is InChI=1S/C27H32FN3O4/c1-18-6-4-9-23(19(18)2)24(32)30-12-10-21(11-13-30)27(17-20-7-5-8-22(28)16-20)25(33)31(14-15-35-3)26(34)29-27/h4-9,16,21H,10-15,17H2,1-3H3,(H,29,34). The van der Waals surface area contributed by atoms with Crippen LogP contribution in [0.1, 0.15) is 39.9 Å². The van der Waals surface area contributed by atoms with Crippen molar-refractivity contribution in [3.8, 4) is 0 Å². The van der Waals surface area contributed by atoms with Gasteiger partial charge in [-0.3, -0.25) is 14.5 Å². The molecule has 2 saturated heterocycles. The van der Waals surface area contributed by atoms with E-state index in [0.29, 0.717) is 37.1 Å². The molecule has 7 nitrogen and oxygen atoms in total. The van der Waals surface area contributed by atoms with Crippen LogP contribution in [0, 0.1) is 25.6 Å². The van der Waals surface area contributed by atoms with Crippen molar-refractivity contribution in [2.45, 2.75) is 38.6 Å². The van der Waals surface area contributed by atoms with Crippen LogP contribution in [0.5, 0.6) is 0 Å². The first-order chi connectivity index (χ1) is 16.8. The Morgan fingerprint density at radius 1 is 1.14 bits per heavy atom. The summed E-state index contributed by atoms with van der Waals surface area (Å²) in [6.07, 6.45) is 1.29. The summed E-state index contributed by atoms with van der Waals surface area (Å²) in [6.45, 7) is 5.27. The van der Waals surface area contributed by atoms with Gasteiger partial charge >= 0.3 is 6.03 Å². The number of imide groups is 1. The number of ether oxygens (including phenoxy) is 1. The zero-order valence-electron chi connectivity index (χ0n) is 20.5. The highest BCUT2D eigenvalue weighted by molar-refractivity contribution is 6.07. The molecule has 0 aromatic heterocycles. The predicted octanol–water partition coefficient (Wildman–Crippen LogP) is 3.47. The number of piperidine rings is 1. The normalized spacial score (nSPS) is 20.9. The van der Waals surface area contributed by atoms with Crippen molar-refractivity contribution in [1.82, 2.24) is 15.1 Å². The number of amides is 4. The minimum atomic E-state index is -1.19. The van der Waals surface area contributed by atoms with Crippen molar-refractivity contribution in [3.05, 3.63) is 70.5 Å². The first kappa shape index (κ1) is 24.9. The van der Waals surface area contributed by atoms with E-state index in [2.05, 4.69) is 5.32 Å². The van der Waals surface area contributed by atoms with Gasteiger partial charge in [-0.2, -0.15) is 0 Å². The lowest BCUT2D eigenvalue weighted by molar-refractivity contribution is -0.134. The lowest BCUT2D eigenvalue weighted by Crippen LogP contribution is -2.58. The SMILES string of the molecule is COCCN1C(=O)NC(Cc2cccc(F)c2)(C2CCN(C(=O)c3cccc(C)c3C)CC2)C1=O. The topological polar surface area (TPSA) is 79.0 Å². The van der Waals surface area contributed by atoms with E-state index in [4.69, 9.17) is 4.74 Å². The summed E-state index contributed by atoms with van der Waals surface area (Å²) in [5.41, 5.74) is 2.17. The minimum absolute atomic E-state index is 0.0210. The molecule has 2 aliphatic heterocycles. The number of halogens is 1. The van der Waals surface area contributed by atoms with Crippen LogP contribution in [0.4, 0.5) is 9.18 Å². The molecule has 8 heteroatoms. The largest absolute Gasteiger partial charge is 0.383 e. The number of urea groups is 1. The Labute approximate surface area is 205 Å². The zero-order chi connectivity index (χ0) is 25.2. The maximum absolute atomic E-state index is 13.9. The third-order valence-electron chi connectivity index (χ3n) is 7.41. The Morgan fingerprint density at radius 2 is 1.86 bits per heavy atom. The number of nitrogens with one attached hydrogen (secondary N) is 1. The molecule has 0 spiro atoms. The maximum atomic E-state index is 13.9. The number of aryl methyl sites for hydroxylation is 1. The van der Waals surface area contributed by atoms with Gasteiger partial charge in [-0.15, -0.1) is 0 Å². The summed E-state index contributed by atoms with van der Waals surface area (Å²) < 4.78 is 19.0. The Morgan fingerprint density at radius 3 is 2.54 bits per heavy atom. The number of methoxy groups -OCH3 is 1. The van der Waals surface area contributed by atoms with Crippen molar-refractivity contribution in [1.29, 1.82) is 0 Å². The molecule has 0 aliphatic carbocycles. The van der Waals surface area contributed by atoms with Gasteiger partial charge in [0.2, 0.25) is 0 Å². The van der Waals surface area contributed by atoms with E-state index in [9.17, 15) is 18.8 Å². The number of hydrogen-bond donors (Lipinski definition) is 1. The molecule has 1 unspecified atom stereocenters. The number of carbonyl (C=O) groups is 3. The van der Waals surface area contributed by atoms with Crippen LogP contribution >= 0.6 is 0 Å². The fourth-order valence-corrected chi connectivity index (χ4v) is 5.27. The first-order valence-electron chi connectivity index (χ1n) is 12.0. The van der Waals surface area contributed by atoms with Crippen LogP contribution in [0.15, 0.2) is 42.5 Å². The number of benzene rings is 2. The van der Waals surface area contributed by atoms with Crippen LogP contribution in [0.2, 0.25) is 0 Å². The van der Waals surface area contributed by atoms with E-state index in [1.807, 2.05) is 36.9 Å². The molecule has 2 aromatic rings. The Kier molecular flexibility index (Phi) is 7.21. The van der Waals surface area contributed by atoms with Crippen molar-refractivity contribution < 1.29 is 23.5 Å². The Bertz CT molecular complexity index is 1130. The molecule has 4 rings (SSSR count). The summed E-state index contributed by atoms with van der Waals surface area (Å²) in [5, 5.41) is 2.96. The second kappa shape index (κ2) is 10.2. The molecule has 1 N–H and O–H groups in total. The lowest BCUT2D eigenvalue weighted by atomic mass is 9.73. The van der Waals surface area contributed by atoms with E-state index in [1.54, 1.807) is 12.1 Å². The van der Waals surface area contributed by atoms with E-state index >= 15 is 0 Å². The highest BCUT2D eigenvalue weighted by Crippen LogP contribution is 2.37. The third kappa shape index (κ3) is 4.80. The number of hydrogen-bond acceptors (Lipinski definition) is 4. The number of rotatable bonds is 7. The van der Waals surface area contributed by atoms with Gasteiger partial charge in [0.15, 0.2) is 0 Å². The highest BCUT2D eigenvalue weighted by Gasteiger charge is 2.56. The molecule has 2 aliphatic rings. The smallest absolute Gasteiger partial charge is 0.325 e. The van der Waals surface area contributed by atoms with Gasteiger partial charge in [-0.05, 0) is 67.5 Å². The van der Waals surface area contributed by atoms with Gasteiger partial charge in [0.25, 0.3) is 11.8 Å². The molecule has 0 saturated carbocycles. The summed E-state index contributed by atoms with van der Waals surface area (Å²) in [5.74, 6) is -0.924. The summed E-state index contributed by atoms with van der Waals surface area (Å²) in [6, 6.07) is 11.4. The predicted molar refractivity (Wildman–Crippen MR) is 129 cm³/mol. The van der Waals surface area contributed by atoms with Crippen LogP contribution in [0.3, 0.4) is 0 Å². The van der Waals surface area contributed by atoms with Gasteiger partial charge in [-0.1, -0.05) is 24.3 Å². The van der Waals surface area contributed by atoms with Gasteiger partial charge in [0.05, 0.1) is 13.2 Å². The molecule has 4 amide bonds. The van der Waals surface area contributed by atoms with Crippen molar-refractivity contribution in [3.63, 3.8) is 0 Å². The van der Waals surface area contributed by atoms with Gasteiger partial charge in [0, 0.05) is 32.2 Å². The van der Waals surface area contributed by atoms with Gasteiger partial charge < -0.3 is 15.0 Å². The van der Waals surface area contributed by atoms with Crippen LogP contribution in [-0.4, -0.2) is 66.5 Å². The first-order valence-corrected chi connectivity index (χ1v) is 12.0. The molecular formula is C27H32FN3O4. The quantitative estimate of drug-likeness (QED) is 0.615. The summed E-state index contributed by atoms with van der Waals surface area (Å²) in [4.78, 5) is 42.7. The zero-order valence-corrected chi connectivity index (χ0v) is 20.5. The molecule has 35 heavy (non-hydrogen) atoms. The van der Waals surface area contributed by atoms with E-state index < -0.39 is 11.6 Å². The molecule has 2 fully saturated rings. The Balaban J connectivity index is 1.57. The average Bonchev–Trinajstić information content (AvgIpc) is 3.08. The second-order valence-electron chi connectivity index (χ2n) is 9.47. The third-order valence-corrected chi connectivity index (χ3v) is 7.41. The molecule has 0 bridgehead atoms. The monoisotopic (exact) mass is 481 g/mol. The van der Waals surface area contributed by atoms with Crippen LogP contribution in [-0.2, 0) is 16.0 Å². The number of nitrogens with zero attached hydrogens (tertiary/aromatic N) is 2. The summed E-state index contributed by atoms with van der Waals surface area (Å²) in [7, 11) is 1.52. The average molecular weight is 482 g/mol. The number of likely N-dealkylation sites (tertiary alicyclic amines) is 1. The van der Waals surface area contributed by atoms with Crippen molar-refractivity contribution >= 4 is 17.8 Å². The fourth-order valence-electron chi connectivity index (χ4n) is 5.27. The van der Waals surface area contributed by atoms with Crippen molar-refractivity contribution in [2.75, 3.05) is 33.4 Å². The second-order valence-corrected chi connectivity index (χ2v) is 9.47. The molecule has 0 radical (unpaired) electrons. The van der Waals surface area contributed by atoms with Gasteiger partial charge in [0.1, 0.15) is 11.4 Å². The lowest BCUT2D eigenvalue weighted by Gasteiger charge is -2.41. The van der Waals surface area contributed by atoms with Crippen molar-refractivity contribution in [2.24, 2.45) is 5.92 Å². The fraction of sp³-hybridized carbons (Fsp3) is 0.444. The summed E-state index contributed by atoms with van der Waals surface area (Å²) >= 11 is 0. The van der Waals surface area contributed by atoms with E-state index in [-0.39, 0.29) is 43.1 Å². The maximum Gasteiger partial charge on any atom is 0.325 e. The van der Waals surface area contributed by atoms with Crippen LogP contribution in [0.25, 0.3) is 0 Å². The molecule has 1 atom stereocenters. The minimum Gasteiger partial charge on any atom is -0.383 e. The Hall–Kier alpha value is -3.26. The number of carbonyl (C=O) groups excluding carboxylic acids is 3. The molecule has 2 heterocycles. The van der Waals surface area contributed by atoms with Crippen LogP contribution < -0.4 is 5.32 Å². The highest BCUT2D eigenvalue weighted by atomic mass is 19.1. The van der Waals surface area contributed by atoms with E-state index in [1.165, 1.54) is 24.1 Å². The molecular weight excluding hydrogens is 449 g/mol.